The molecule has 19 heavy (non-hydrogen) atoms. The molecule has 0 spiro atoms. The summed E-state index contributed by atoms with van der Waals surface area (Å²) in [6, 6.07) is 5.48. The highest BCUT2D eigenvalue weighted by Crippen LogP contribution is 2.21. The topological polar surface area (TPSA) is 50.4 Å². The summed E-state index contributed by atoms with van der Waals surface area (Å²) in [5.41, 5.74) is 0.983. The van der Waals surface area contributed by atoms with Gasteiger partial charge in [-0.05, 0) is 44.0 Å². The van der Waals surface area contributed by atoms with Gasteiger partial charge in [-0.1, -0.05) is 18.5 Å². The van der Waals surface area contributed by atoms with Gasteiger partial charge < -0.3 is 15.4 Å². The van der Waals surface area contributed by atoms with E-state index in [2.05, 4.69) is 10.6 Å². The van der Waals surface area contributed by atoms with Crippen molar-refractivity contribution < 1.29 is 9.53 Å². The average molecular weight is 285 g/mol. The average Bonchev–Trinajstić information content (AvgIpc) is 2.36. The monoisotopic (exact) mass is 284 g/mol. The number of aryl methyl sites for hydroxylation is 1. The van der Waals surface area contributed by atoms with E-state index in [-0.39, 0.29) is 12.1 Å². The number of ether oxygens (including phenoxy) is 1. The summed E-state index contributed by atoms with van der Waals surface area (Å²) in [7, 11) is 0. The first-order valence-electron chi connectivity index (χ1n) is 6.46. The molecule has 0 radical (unpaired) electrons. The first-order valence-corrected chi connectivity index (χ1v) is 6.84. The zero-order valence-corrected chi connectivity index (χ0v) is 12.4. The standard InChI is InChI=1S/C14H21ClN2O2/c1-4-11(3)17-14(18)16-7-8-19-13-6-5-12(15)9-10(13)2/h5-6,9,11H,4,7-8H2,1-3H3,(H2,16,17,18). The summed E-state index contributed by atoms with van der Waals surface area (Å²) < 4.78 is 5.57. The lowest BCUT2D eigenvalue weighted by Crippen LogP contribution is -2.41. The highest BCUT2D eigenvalue weighted by molar-refractivity contribution is 6.30. The largest absolute Gasteiger partial charge is 0.491 e. The normalized spacial score (nSPS) is 11.8. The second-order valence-electron chi connectivity index (χ2n) is 4.47. The molecule has 1 aromatic rings. The third-order valence-electron chi connectivity index (χ3n) is 2.77. The van der Waals surface area contributed by atoms with Gasteiger partial charge in [-0.25, -0.2) is 4.79 Å². The molecule has 0 saturated carbocycles. The maximum absolute atomic E-state index is 11.4. The summed E-state index contributed by atoms with van der Waals surface area (Å²) in [5, 5.41) is 6.26. The van der Waals surface area contributed by atoms with Crippen molar-refractivity contribution in [3.63, 3.8) is 0 Å². The zero-order valence-electron chi connectivity index (χ0n) is 11.6. The Kier molecular flexibility index (Phi) is 6.50. The van der Waals surface area contributed by atoms with Crippen molar-refractivity contribution in [3.05, 3.63) is 28.8 Å². The van der Waals surface area contributed by atoms with Crippen LogP contribution in [0.4, 0.5) is 4.79 Å². The molecule has 0 aromatic heterocycles. The summed E-state index contributed by atoms with van der Waals surface area (Å²) in [4.78, 5) is 11.4. The van der Waals surface area contributed by atoms with Gasteiger partial charge in [0.15, 0.2) is 0 Å². The van der Waals surface area contributed by atoms with Crippen molar-refractivity contribution in [1.82, 2.24) is 10.6 Å². The number of hydrogen-bond donors (Lipinski definition) is 2. The molecular weight excluding hydrogens is 264 g/mol. The van der Waals surface area contributed by atoms with Crippen LogP contribution in [-0.2, 0) is 0 Å². The summed E-state index contributed by atoms with van der Waals surface area (Å²) in [6.07, 6.45) is 0.911. The fraction of sp³-hybridized carbons (Fsp3) is 0.500. The van der Waals surface area contributed by atoms with E-state index in [9.17, 15) is 4.79 Å². The Morgan fingerprint density at radius 2 is 2.21 bits per heavy atom. The lowest BCUT2D eigenvalue weighted by atomic mass is 10.2. The van der Waals surface area contributed by atoms with Crippen LogP contribution < -0.4 is 15.4 Å². The lowest BCUT2D eigenvalue weighted by Gasteiger charge is -2.13. The number of urea groups is 1. The minimum absolute atomic E-state index is 0.161. The molecule has 0 bridgehead atoms. The first-order chi connectivity index (χ1) is 9.02. The molecule has 0 aliphatic carbocycles. The SMILES string of the molecule is CCC(C)NC(=O)NCCOc1ccc(Cl)cc1C. The summed E-state index contributed by atoms with van der Waals surface area (Å²) >= 11 is 5.86. The van der Waals surface area contributed by atoms with Crippen LogP contribution in [0, 0.1) is 6.92 Å². The number of nitrogens with one attached hydrogen (secondary N) is 2. The van der Waals surface area contributed by atoms with Crippen LogP contribution in [-0.4, -0.2) is 25.2 Å². The molecule has 1 atom stereocenters. The van der Waals surface area contributed by atoms with Crippen molar-refractivity contribution in [2.24, 2.45) is 0 Å². The molecule has 0 saturated heterocycles. The predicted molar refractivity (Wildman–Crippen MR) is 78.0 cm³/mol. The molecule has 106 valence electrons. The highest BCUT2D eigenvalue weighted by Gasteiger charge is 2.04. The maximum atomic E-state index is 11.4. The minimum atomic E-state index is -0.161. The van der Waals surface area contributed by atoms with E-state index >= 15 is 0 Å². The maximum Gasteiger partial charge on any atom is 0.315 e. The highest BCUT2D eigenvalue weighted by atomic mass is 35.5. The van der Waals surface area contributed by atoms with Gasteiger partial charge in [-0.2, -0.15) is 0 Å². The molecule has 2 N–H and O–H groups in total. The number of halogens is 1. The third kappa shape index (κ3) is 5.83. The summed E-state index contributed by atoms with van der Waals surface area (Å²) in [5.74, 6) is 0.786. The second-order valence-corrected chi connectivity index (χ2v) is 4.90. The molecule has 0 aliphatic heterocycles. The molecule has 0 fully saturated rings. The predicted octanol–water partition coefficient (Wildman–Crippen LogP) is 3.12. The number of carbonyl (C=O) groups excluding carboxylic acids is 1. The molecule has 1 unspecified atom stereocenters. The molecule has 4 nitrogen and oxygen atoms in total. The molecule has 2 amide bonds. The Hall–Kier alpha value is -1.42. The third-order valence-corrected chi connectivity index (χ3v) is 3.01. The van der Waals surface area contributed by atoms with Crippen LogP contribution in [0.2, 0.25) is 5.02 Å². The molecule has 0 aliphatic rings. The van der Waals surface area contributed by atoms with E-state index < -0.39 is 0 Å². The molecule has 0 heterocycles. The number of rotatable bonds is 6. The van der Waals surface area contributed by atoms with Crippen LogP contribution in [0.3, 0.4) is 0 Å². The fourth-order valence-corrected chi connectivity index (χ4v) is 1.70. The van der Waals surface area contributed by atoms with Crippen molar-refractivity contribution in [1.29, 1.82) is 0 Å². The molecule has 1 aromatic carbocycles. The Morgan fingerprint density at radius 3 is 2.84 bits per heavy atom. The van der Waals surface area contributed by atoms with Gasteiger partial charge in [0.05, 0.1) is 6.54 Å². The summed E-state index contributed by atoms with van der Waals surface area (Å²) in [6.45, 7) is 6.82. The quantitative estimate of drug-likeness (QED) is 0.789. The van der Waals surface area contributed by atoms with E-state index in [1.807, 2.05) is 32.9 Å². The number of benzene rings is 1. The fourth-order valence-electron chi connectivity index (χ4n) is 1.48. The van der Waals surface area contributed by atoms with Crippen molar-refractivity contribution in [3.8, 4) is 5.75 Å². The van der Waals surface area contributed by atoms with Gasteiger partial charge in [0.2, 0.25) is 0 Å². The second kappa shape index (κ2) is 7.89. The van der Waals surface area contributed by atoms with Crippen LogP contribution >= 0.6 is 11.6 Å². The zero-order chi connectivity index (χ0) is 14.3. The van der Waals surface area contributed by atoms with Gasteiger partial charge >= 0.3 is 6.03 Å². The van der Waals surface area contributed by atoms with Gasteiger partial charge in [0, 0.05) is 11.1 Å². The number of carbonyl (C=O) groups is 1. The lowest BCUT2D eigenvalue weighted by molar-refractivity contribution is 0.233. The van der Waals surface area contributed by atoms with Crippen LogP contribution in [0.5, 0.6) is 5.75 Å². The number of amides is 2. The van der Waals surface area contributed by atoms with Crippen molar-refractivity contribution in [2.75, 3.05) is 13.2 Å². The van der Waals surface area contributed by atoms with E-state index in [0.717, 1.165) is 17.7 Å². The van der Waals surface area contributed by atoms with E-state index in [1.165, 1.54) is 0 Å². The van der Waals surface area contributed by atoms with Gasteiger partial charge in [0.25, 0.3) is 0 Å². The Labute approximate surface area is 119 Å². The smallest absolute Gasteiger partial charge is 0.315 e. The Bertz CT molecular complexity index is 424. The Balaban J connectivity index is 2.25. The number of hydrogen-bond acceptors (Lipinski definition) is 2. The first kappa shape index (κ1) is 15.6. The molecular formula is C14H21ClN2O2. The van der Waals surface area contributed by atoms with Gasteiger partial charge in [-0.15, -0.1) is 0 Å². The van der Waals surface area contributed by atoms with Crippen molar-refractivity contribution in [2.45, 2.75) is 33.2 Å². The van der Waals surface area contributed by atoms with E-state index in [0.29, 0.717) is 18.2 Å². The van der Waals surface area contributed by atoms with Crippen molar-refractivity contribution >= 4 is 17.6 Å². The minimum Gasteiger partial charge on any atom is -0.491 e. The van der Waals surface area contributed by atoms with E-state index in [1.54, 1.807) is 6.07 Å². The van der Waals surface area contributed by atoms with Crippen LogP contribution in [0.25, 0.3) is 0 Å². The molecule has 1 rings (SSSR count). The van der Waals surface area contributed by atoms with Gasteiger partial charge in [0.1, 0.15) is 12.4 Å². The Morgan fingerprint density at radius 1 is 1.47 bits per heavy atom. The molecule has 5 heteroatoms. The van der Waals surface area contributed by atoms with Crippen LogP contribution in [0.15, 0.2) is 18.2 Å². The van der Waals surface area contributed by atoms with E-state index in [4.69, 9.17) is 16.3 Å². The van der Waals surface area contributed by atoms with Crippen LogP contribution in [0.1, 0.15) is 25.8 Å². The van der Waals surface area contributed by atoms with Gasteiger partial charge in [-0.3, -0.25) is 0 Å².